The van der Waals surface area contributed by atoms with Crippen LogP contribution in [0.1, 0.15) is 76.9 Å². The van der Waals surface area contributed by atoms with E-state index in [2.05, 4.69) is 34.3 Å². The highest BCUT2D eigenvalue weighted by molar-refractivity contribution is 7.99. The summed E-state index contributed by atoms with van der Waals surface area (Å²) in [5.74, 6) is 0.792. The van der Waals surface area contributed by atoms with Gasteiger partial charge in [0.1, 0.15) is 0 Å². The Kier molecular flexibility index (Phi) is 10.1. The minimum atomic E-state index is -0.613. The molecule has 1 aliphatic carbocycles. The molecule has 1 N–H and O–H groups in total. The number of carbonyl (C=O) groups excluding carboxylic acids is 2. The van der Waals surface area contributed by atoms with Gasteiger partial charge in [-0.2, -0.15) is 0 Å². The Labute approximate surface area is 178 Å². The average Bonchev–Trinajstić information content (AvgIpc) is 3.19. The van der Waals surface area contributed by atoms with E-state index < -0.39 is 6.04 Å². The summed E-state index contributed by atoms with van der Waals surface area (Å²) in [5, 5.41) is 11.3. The molecule has 1 saturated carbocycles. The molecule has 0 bridgehead atoms. The molecule has 29 heavy (non-hydrogen) atoms. The van der Waals surface area contributed by atoms with Gasteiger partial charge in [0, 0.05) is 18.2 Å². The maximum Gasteiger partial charge on any atom is 0.286 e. The van der Waals surface area contributed by atoms with Crippen LogP contribution in [0.4, 0.5) is 0 Å². The Morgan fingerprint density at radius 3 is 2.48 bits per heavy atom. The smallest absolute Gasteiger partial charge is 0.286 e. The van der Waals surface area contributed by atoms with Crippen molar-refractivity contribution in [1.29, 1.82) is 0 Å². The lowest BCUT2D eigenvalue weighted by molar-refractivity contribution is -0.126. The minimum absolute atomic E-state index is 0.00932. The Hall–Kier alpha value is -1.41. The van der Waals surface area contributed by atoms with Gasteiger partial charge in [-0.15, -0.1) is 10.2 Å². The van der Waals surface area contributed by atoms with Crippen LogP contribution in [0.25, 0.3) is 0 Å². The summed E-state index contributed by atoms with van der Waals surface area (Å²) in [5.41, 5.74) is 0. The van der Waals surface area contributed by atoms with E-state index in [-0.39, 0.29) is 29.4 Å². The number of hydrogen-bond acceptors (Lipinski definition) is 7. The Bertz CT molecular complexity index is 640. The highest BCUT2D eigenvalue weighted by Gasteiger charge is 2.30. The molecule has 1 aromatic rings. The summed E-state index contributed by atoms with van der Waals surface area (Å²) >= 11 is 1.46. The standard InChI is InChI=1S/C21H36N4O3S/c1-5-25(6-2)12-13-29-21-24-23-20(28-21)18(26)17(14-15(3)4)22-19(27)16-10-8-7-9-11-16/h15-17H,5-14H2,1-4H3,(H,22,27). The van der Waals surface area contributed by atoms with Gasteiger partial charge in [-0.1, -0.05) is 58.7 Å². The van der Waals surface area contributed by atoms with Crippen LogP contribution in [0.5, 0.6) is 0 Å². The summed E-state index contributed by atoms with van der Waals surface area (Å²) < 4.78 is 5.61. The molecule has 0 saturated heterocycles. The van der Waals surface area contributed by atoms with E-state index in [4.69, 9.17) is 4.42 Å². The number of aromatic nitrogens is 2. The molecule has 0 aromatic carbocycles. The molecule has 1 heterocycles. The third-order valence-corrected chi connectivity index (χ3v) is 6.26. The van der Waals surface area contributed by atoms with Crippen molar-refractivity contribution in [3.63, 3.8) is 0 Å². The Balaban J connectivity index is 1.95. The molecule has 8 heteroatoms. The highest BCUT2D eigenvalue weighted by atomic mass is 32.2. The van der Waals surface area contributed by atoms with Gasteiger partial charge in [0.05, 0.1) is 6.04 Å². The van der Waals surface area contributed by atoms with Crippen LogP contribution in [-0.4, -0.2) is 58.2 Å². The normalized spacial score (nSPS) is 16.3. The third kappa shape index (κ3) is 7.74. The van der Waals surface area contributed by atoms with E-state index in [9.17, 15) is 9.59 Å². The number of hydrogen-bond donors (Lipinski definition) is 1. The Morgan fingerprint density at radius 2 is 1.86 bits per heavy atom. The van der Waals surface area contributed by atoms with Crippen molar-refractivity contribution in [2.75, 3.05) is 25.4 Å². The molecule has 1 fully saturated rings. The lowest BCUT2D eigenvalue weighted by Gasteiger charge is -2.24. The predicted octanol–water partition coefficient (Wildman–Crippen LogP) is 3.80. The van der Waals surface area contributed by atoms with E-state index in [0.29, 0.717) is 11.6 Å². The van der Waals surface area contributed by atoms with Gasteiger partial charge < -0.3 is 14.6 Å². The zero-order valence-corrected chi connectivity index (χ0v) is 19.1. The van der Waals surface area contributed by atoms with E-state index in [1.807, 2.05) is 13.8 Å². The van der Waals surface area contributed by atoms with E-state index in [1.54, 1.807) is 0 Å². The molecule has 2 rings (SSSR count). The molecule has 1 aromatic heterocycles. The van der Waals surface area contributed by atoms with Crippen LogP contribution in [-0.2, 0) is 4.79 Å². The number of rotatable bonds is 12. The topological polar surface area (TPSA) is 88.3 Å². The van der Waals surface area contributed by atoms with E-state index in [0.717, 1.165) is 51.1 Å². The lowest BCUT2D eigenvalue weighted by Crippen LogP contribution is -2.45. The molecule has 0 spiro atoms. The van der Waals surface area contributed by atoms with E-state index >= 15 is 0 Å². The molecular weight excluding hydrogens is 388 g/mol. The van der Waals surface area contributed by atoms with Gasteiger partial charge in [0.15, 0.2) is 0 Å². The summed E-state index contributed by atoms with van der Waals surface area (Å²) in [6, 6.07) is -0.613. The maximum absolute atomic E-state index is 13.0. The number of carbonyl (C=O) groups is 2. The second-order valence-electron chi connectivity index (χ2n) is 8.14. The second kappa shape index (κ2) is 12.3. The first-order valence-corrected chi connectivity index (χ1v) is 12.0. The number of nitrogens with zero attached hydrogens (tertiary/aromatic N) is 3. The van der Waals surface area contributed by atoms with Gasteiger partial charge in [0.2, 0.25) is 11.7 Å². The molecule has 164 valence electrons. The number of ketones is 1. The van der Waals surface area contributed by atoms with Crippen molar-refractivity contribution < 1.29 is 14.0 Å². The first-order chi connectivity index (χ1) is 13.9. The molecule has 1 aliphatic rings. The van der Waals surface area contributed by atoms with Crippen LogP contribution in [0, 0.1) is 11.8 Å². The number of nitrogens with one attached hydrogen (secondary N) is 1. The van der Waals surface area contributed by atoms with Crippen molar-refractivity contribution in [2.45, 2.75) is 77.5 Å². The van der Waals surface area contributed by atoms with E-state index in [1.165, 1.54) is 18.2 Å². The fraction of sp³-hybridized carbons (Fsp3) is 0.810. The first kappa shape index (κ1) is 23.9. The molecular formula is C21H36N4O3S. The highest BCUT2D eigenvalue weighted by Crippen LogP contribution is 2.24. The zero-order chi connectivity index (χ0) is 21.2. The fourth-order valence-electron chi connectivity index (χ4n) is 3.68. The largest absolute Gasteiger partial charge is 0.408 e. The molecule has 1 unspecified atom stereocenters. The van der Waals surface area contributed by atoms with Crippen LogP contribution in [0.2, 0.25) is 0 Å². The molecule has 0 aliphatic heterocycles. The monoisotopic (exact) mass is 424 g/mol. The molecule has 1 atom stereocenters. The van der Waals surface area contributed by atoms with Gasteiger partial charge in [-0.3, -0.25) is 9.59 Å². The van der Waals surface area contributed by atoms with Crippen molar-refractivity contribution in [3.05, 3.63) is 5.89 Å². The fourth-order valence-corrected chi connectivity index (χ4v) is 4.44. The number of Topliss-reactive ketones (excluding diaryl/α,β-unsaturated/α-hetero) is 1. The van der Waals surface area contributed by atoms with Crippen molar-refractivity contribution in [2.24, 2.45) is 11.8 Å². The van der Waals surface area contributed by atoms with Crippen LogP contribution in [0.3, 0.4) is 0 Å². The van der Waals surface area contributed by atoms with Crippen molar-refractivity contribution in [3.8, 4) is 0 Å². The quantitative estimate of drug-likeness (QED) is 0.403. The maximum atomic E-state index is 13.0. The van der Waals surface area contributed by atoms with Crippen molar-refractivity contribution in [1.82, 2.24) is 20.4 Å². The van der Waals surface area contributed by atoms with Gasteiger partial charge in [-0.05, 0) is 38.3 Å². The zero-order valence-electron chi connectivity index (χ0n) is 18.3. The van der Waals surface area contributed by atoms with Crippen LogP contribution < -0.4 is 5.32 Å². The molecule has 7 nitrogen and oxygen atoms in total. The average molecular weight is 425 g/mol. The van der Waals surface area contributed by atoms with Gasteiger partial charge >= 0.3 is 0 Å². The second-order valence-corrected chi connectivity index (χ2v) is 9.18. The SMILES string of the molecule is CCN(CC)CCSc1nnc(C(=O)C(CC(C)C)NC(=O)C2CCCCC2)o1. The van der Waals surface area contributed by atoms with Crippen LogP contribution >= 0.6 is 11.8 Å². The van der Waals surface area contributed by atoms with Crippen LogP contribution in [0.15, 0.2) is 9.64 Å². The van der Waals surface area contributed by atoms with Crippen molar-refractivity contribution >= 4 is 23.5 Å². The Morgan fingerprint density at radius 1 is 1.17 bits per heavy atom. The number of thioether (sulfide) groups is 1. The molecule has 0 radical (unpaired) electrons. The summed E-state index contributed by atoms with van der Waals surface area (Å²) in [6.45, 7) is 11.3. The predicted molar refractivity (Wildman–Crippen MR) is 115 cm³/mol. The van der Waals surface area contributed by atoms with Gasteiger partial charge in [-0.25, -0.2) is 0 Å². The summed E-state index contributed by atoms with van der Waals surface area (Å²) in [7, 11) is 0. The number of amides is 1. The van der Waals surface area contributed by atoms with Gasteiger partial charge in [0.25, 0.3) is 11.1 Å². The lowest BCUT2D eigenvalue weighted by atomic mass is 9.88. The first-order valence-electron chi connectivity index (χ1n) is 11.0. The molecule has 1 amide bonds. The third-order valence-electron chi connectivity index (χ3n) is 5.46. The summed E-state index contributed by atoms with van der Waals surface area (Å²) in [6.07, 6.45) is 5.72. The minimum Gasteiger partial charge on any atom is -0.408 e. The summed E-state index contributed by atoms with van der Waals surface area (Å²) in [4.78, 5) is 27.9.